The fourth-order valence-corrected chi connectivity index (χ4v) is 3.99. The smallest absolute Gasteiger partial charge is 0.348 e. The van der Waals surface area contributed by atoms with Crippen LogP contribution in [0.3, 0.4) is 0 Å². The number of carbonyl (C=O) groups is 1. The van der Waals surface area contributed by atoms with Gasteiger partial charge >= 0.3 is 5.97 Å². The zero-order valence-corrected chi connectivity index (χ0v) is 14.8. The van der Waals surface area contributed by atoms with E-state index >= 15 is 0 Å². The first-order valence-electron chi connectivity index (χ1n) is 9.06. The van der Waals surface area contributed by atoms with Crippen LogP contribution in [-0.4, -0.2) is 23.7 Å². The number of carbonyl (C=O) groups excluding carboxylic acids is 1. The molecule has 3 unspecified atom stereocenters. The van der Waals surface area contributed by atoms with E-state index in [1.165, 1.54) is 0 Å². The lowest BCUT2D eigenvalue weighted by molar-refractivity contribution is -0.180. The Morgan fingerprint density at radius 1 is 1.22 bits per heavy atom. The van der Waals surface area contributed by atoms with Gasteiger partial charge in [0, 0.05) is 23.0 Å². The SMILES string of the molecule is C#CC1CC(OC(=O)C2(O)c3ccccc3Oc3ccccc32)C1CCN. The molecule has 2 aromatic carbocycles. The number of rotatable bonds is 4. The highest BCUT2D eigenvalue weighted by Gasteiger charge is 2.51. The normalized spacial score (nSPS) is 24.4. The van der Waals surface area contributed by atoms with Crippen molar-refractivity contribution in [3.8, 4) is 23.8 Å². The Balaban J connectivity index is 1.68. The molecule has 1 aliphatic heterocycles. The van der Waals surface area contributed by atoms with Crippen molar-refractivity contribution in [2.45, 2.75) is 24.5 Å². The van der Waals surface area contributed by atoms with Gasteiger partial charge in [0.25, 0.3) is 0 Å². The number of ether oxygens (including phenoxy) is 2. The Morgan fingerprint density at radius 3 is 2.37 bits per heavy atom. The van der Waals surface area contributed by atoms with Crippen molar-refractivity contribution >= 4 is 5.97 Å². The molecular formula is C22H21NO4. The van der Waals surface area contributed by atoms with E-state index < -0.39 is 11.6 Å². The first-order chi connectivity index (χ1) is 13.1. The number of hydrogen-bond acceptors (Lipinski definition) is 5. The molecule has 0 aromatic heterocycles. The van der Waals surface area contributed by atoms with Gasteiger partial charge in [0.2, 0.25) is 5.60 Å². The van der Waals surface area contributed by atoms with Crippen LogP contribution >= 0.6 is 0 Å². The summed E-state index contributed by atoms with van der Waals surface area (Å²) in [6.45, 7) is 0.473. The van der Waals surface area contributed by atoms with Gasteiger partial charge < -0.3 is 20.3 Å². The van der Waals surface area contributed by atoms with Crippen LogP contribution in [0.4, 0.5) is 0 Å². The highest BCUT2D eigenvalue weighted by molar-refractivity contribution is 5.88. The Labute approximate surface area is 158 Å². The van der Waals surface area contributed by atoms with E-state index in [2.05, 4.69) is 5.92 Å². The molecule has 0 bridgehead atoms. The van der Waals surface area contributed by atoms with Crippen LogP contribution in [0.15, 0.2) is 48.5 Å². The minimum Gasteiger partial charge on any atom is -0.459 e. The molecule has 2 aliphatic rings. The molecule has 4 rings (SSSR count). The molecule has 2 aromatic rings. The molecule has 0 spiro atoms. The van der Waals surface area contributed by atoms with E-state index in [1.54, 1.807) is 48.5 Å². The number of aliphatic hydroxyl groups is 1. The standard InChI is InChI=1S/C22H21NO4/c1-2-14-13-20(15(14)11-12-23)27-21(24)22(25)16-7-3-5-9-18(16)26-19-10-6-4-8-17(19)22/h1,3-10,14-15,20,25H,11-13,23H2. The molecule has 5 nitrogen and oxygen atoms in total. The maximum atomic E-state index is 13.2. The van der Waals surface area contributed by atoms with Crippen molar-refractivity contribution in [1.82, 2.24) is 0 Å². The van der Waals surface area contributed by atoms with E-state index in [0.717, 1.165) is 0 Å². The number of fused-ring (bicyclic) bond motifs is 2. The Hall–Kier alpha value is -2.81. The molecular weight excluding hydrogens is 342 g/mol. The summed E-state index contributed by atoms with van der Waals surface area (Å²) in [6, 6.07) is 13.9. The topological polar surface area (TPSA) is 81.8 Å². The maximum absolute atomic E-state index is 13.2. The van der Waals surface area contributed by atoms with Crippen LogP contribution in [0.5, 0.6) is 11.5 Å². The Morgan fingerprint density at radius 2 is 1.81 bits per heavy atom. The van der Waals surface area contributed by atoms with Gasteiger partial charge in [-0.1, -0.05) is 36.4 Å². The number of nitrogens with two attached hydrogens (primary N) is 1. The molecule has 27 heavy (non-hydrogen) atoms. The average molecular weight is 363 g/mol. The zero-order valence-electron chi connectivity index (χ0n) is 14.8. The second-order valence-corrected chi connectivity index (χ2v) is 7.00. The predicted octanol–water partition coefficient (Wildman–Crippen LogP) is 2.56. The maximum Gasteiger partial charge on any atom is 0.348 e. The van der Waals surface area contributed by atoms with E-state index in [-0.39, 0.29) is 17.9 Å². The van der Waals surface area contributed by atoms with Gasteiger partial charge in [0.15, 0.2) is 0 Å². The summed E-state index contributed by atoms with van der Waals surface area (Å²) in [5.74, 6) is 2.96. The molecule has 0 radical (unpaired) electrons. The summed E-state index contributed by atoms with van der Waals surface area (Å²) in [5, 5.41) is 11.5. The van der Waals surface area contributed by atoms with Gasteiger partial charge in [-0.05, 0) is 31.5 Å². The quantitative estimate of drug-likeness (QED) is 0.644. The molecule has 138 valence electrons. The summed E-state index contributed by atoms with van der Waals surface area (Å²) in [5.41, 5.74) is 4.48. The molecule has 1 saturated carbocycles. The molecule has 1 fully saturated rings. The van der Waals surface area contributed by atoms with Crippen LogP contribution in [0.2, 0.25) is 0 Å². The first-order valence-corrected chi connectivity index (χ1v) is 9.06. The minimum absolute atomic E-state index is 0.0258. The third kappa shape index (κ3) is 2.69. The highest BCUT2D eigenvalue weighted by Crippen LogP contribution is 2.48. The second-order valence-electron chi connectivity index (χ2n) is 7.00. The zero-order chi connectivity index (χ0) is 19.0. The van der Waals surface area contributed by atoms with Gasteiger partial charge in [-0.3, -0.25) is 0 Å². The van der Waals surface area contributed by atoms with E-state index in [9.17, 15) is 9.90 Å². The second kappa shape index (κ2) is 6.73. The van der Waals surface area contributed by atoms with Crippen molar-refractivity contribution < 1.29 is 19.4 Å². The number of hydrogen-bond donors (Lipinski definition) is 2. The number of esters is 1. The molecule has 5 heteroatoms. The lowest BCUT2D eigenvalue weighted by Crippen LogP contribution is -2.49. The Kier molecular flexibility index (Phi) is 4.39. The van der Waals surface area contributed by atoms with E-state index in [1.807, 2.05) is 0 Å². The molecule has 0 amide bonds. The fraction of sp³-hybridized carbons (Fsp3) is 0.318. The number of benzene rings is 2. The number of para-hydroxylation sites is 2. The van der Waals surface area contributed by atoms with Gasteiger partial charge in [-0.25, -0.2) is 4.79 Å². The van der Waals surface area contributed by atoms with Crippen LogP contribution in [0.1, 0.15) is 24.0 Å². The van der Waals surface area contributed by atoms with Gasteiger partial charge in [-0.2, -0.15) is 0 Å². The third-order valence-electron chi connectivity index (χ3n) is 5.52. The third-order valence-corrected chi connectivity index (χ3v) is 5.52. The molecule has 3 N–H and O–H groups in total. The van der Waals surface area contributed by atoms with Crippen LogP contribution < -0.4 is 10.5 Å². The molecule has 3 atom stereocenters. The predicted molar refractivity (Wildman–Crippen MR) is 99.9 cm³/mol. The highest BCUT2D eigenvalue weighted by atomic mass is 16.6. The Bertz CT molecular complexity index is 871. The van der Waals surface area contributed by atoms with E-state index in [4.69, 9.17) is 21.6 Å². The average Bonchev–Trinajstić information content (AvgIpc) is 2.69. The van der Waals surface area contributed by atoms with Crippen molar-refractivity contribution in [3.05, 3.63) is 59.7 Å². The van der Waals surface area contributed by atoms with Crippen molar-refractivity contribution in [2.75, 3.05) is 6.54 Å². The van der Waals surface area contributed by atoms with Crippen molar-refractivity contribution in [3.63, 3.8) is 0 Å². The van der Waals surface area contributed by atoms with Gasteiger partial charge in [0.05, 0.1) is 0 Å². The van der Waals surface area contributed by atoms with Crippen molar-refractivity contribution in [1.29, 1.82) is 0 Å². The summed E-state index contributed by atoms with van der Waals surface area (Å²) >= 11 is 0. The summed E-state index contributed by atoms with van der Waals surface area (Å²) < 4.78 is 11.6. The summed E-state index contributed by atoms with van der Waals surface area (Å²) in [6.07, 6.45) is 6.47. The first kappa shape index (κ1) is 17.6. The lowest BCUT2D eigenvalue weighted by Gasteiger charge is -2.43. The summed E-state index contributed by atoms with van der Waals surface area (Å²) in [4.78, 5) is 13.2. The monoisotopic (exact) mass is 363 g/mol. The number of terminal acetylenes is 1. The molecule has 1 aliphatic carbocycles. The summed E-state index contributed by atoms with van der Waals surface area (Å²) in [7, 11) is 0. The lowest BCUT2D eigenvalue weighted by atomic mass is 9.69. The molecule has 1 heterocycles. The van der Waals surface area contributed by atoms with Gasteiger partial charge in [-0.15, -0.1) is 12.3 Å². The fourth-order valence-electron chi connectivity index (χ4n) is 3.99. The van der Waals surface area contributed by atoms with Crippen LogP contribution in [0.25, 0.3) is 0 Å². The van der Waals surface area contributed by atoms with Crippen LogP contribution in [0, 0.1) is 24.2 Å². The molecule has 0 saturated heterocycles. The minimum atomic E-state index is -1.93. The van der Waals surface area contributed by atoms with Crippen molar-refractivity contribution in [2.24, 2.45) is 17.6 Å². The van der Waals surface area contributed by atoms with Gasteiger partial charge in [0.1, 0.15) is 17.6 Å². The van der Waals surface area contributed by atoms with Crippen LogP contribution in [-0.2, 0) is 15.1 Å². The largest absolute Gasteiger partial charge is 0.459 e. The van der Waals surface area contributed by atoms with E-state index in [0.29, 0.717) is 42.0 Å².